The smallest absolute Gasteiger partial charge is 0.135 e. The molecule has 0 spiro atoms. The maximum atomic E-state index is 13.5. The van der Waals surface area contributed by atoms with Gasteiger partial charge in [0.15, 0.2) is 0 Å². The Balaban J connectivity index is 1.89. The van der Waals surface area contributed by atoms with Crippen molar-refractivity contribution in [3.63, 3.8) is 0 Å². The zero-order valence-corrected chi connectivity index (χ0v) is 14.6. The summed E-state index contributed by atoms with van der Waals surface area (Å²) >= 11 is 1.54. The first-order chi connectivity index (χ1) is 11.2. The van der Waals surface area contributed by atoms with E-state index in [4.69, 9.17) is 0 Å². The summed E-state index contributed by atoms with van der Waals surface area (Å²) in [6.45, 7) is 2.50. The molecule has 0 radical (unpaired) electrons. The highest BCUT2D eigenvalue weighted by Crippen LogP contribution is 2.53. The van der Waals surface area contributed by atoms with Gasteiger partial charge in [-0.3, -0.25) is 5.32 Å². The molecule has 1 aromatic heterocycles. The van der Waals surface area contributed by atoms with E-state index in [1.54, 1.807) is 17.5 Å². The van der Waals surface area contributed by atoms with Crippen LogP contribution < -0.4 is 10.6 Å². The molecular formula is C18H19N2OPS. The van der Waals surface area contributed by atoms with Crippen molar-refractivity contribution in [1.82, 2.24) is 10.3 Å². The molecule has 0 aliphatic heterocycles. The number of rotatable bonds is 6. The van der Waals surface area contributed by atoms with E-state index in [9.17, 15) is 4.57 Å². The van der Waals surface area contributed by atoms with E-state index in [2.05, 4.69) is 22.4 Å². The number of hydrogen-bond acceptors (Lipinski definition) is 4. The van der Waals surface area contributed by atoms with E-state index in [1.165, 1.54) is 5.56 Å². The third kappa shape index (κ3) is 3.78. The summed E-state index contributed by atoms with van der Waals surface area (Å²) in [4.78, 5) is 4.40. The fraction of sp³-hybridized carbons (Fsp3) is 0.167. The van der Waals surface area contributed by atoms with Gasteiger partial charge in [-0.1, -0.05) is 60.7 Å². The number of aromatic nitrogens is 1. The molecule has 2 aromatic carbocycles. The predicted octanol–water partition coefficient (Wildman–Crippen LogP) is 4.25. The quantitative estimate of drug-likeness (QED) is 0.681. The topological polar surface area (TPSA) is 42.0 Å². The lowest BCUT2D eigenvalue weighted by atomic mass is 10.2. The van der Waals surface area contributed by atoms with E-state index in [1.807, 2.05) is 60.6 Å². The van der Waals surface area contributed by atoms with Crippen LogP contribution in [0, 0.1) is 0 Å². The minimum absolute atomic E-state index is 0.273. The van der Waals surface area contributed by atoms with E-state index in [-0.39, 0.29) is 5.78 Å². The highest BCUT2D eigenvalue weighted by Gasteiger charge is 2.32. The Morgan fingerprint density at radius 2 is 1.74 bits per heavy atom. The molecule has 0 saturated carbocycles. The van der Waals surface area contributed by atoms with Crippen molar-refractivity contribution in [3.8, 4) is 0 Å². The van der Waals surface area contributed by atoms with Crippen molar-refractivity contribution < 1.29 is 4.57 Å². The Kier molecular flexibility index (Phi) is 5.06. The number of thiazole rings is 1. The Hall–Kier alpha value is -1.74. The molecule has 23 heavy (non-hydrogen) atoms. The van der Waals surface area contributed by atoms with E-state index >= 15 is 0 Å². The molecular weight excluding hydrogens is 323 g/mol. The maximum absolute atomic E-state index is 13.5. The molecule has 1 N–H and O–H groups in total. The van der Waals surface area contributed by atoms with E-state index in [0.717, 1.165) is 10.3 Å². The number of benzene rings is 2. The first-order valence-corrected chi connectivity index (χ1v) is 10.6. The zero-order valence-electron chi connectivity index (χ0n) is 12.9. The van der Waals surface area contributed by atoms with Crippen LogP contribution in [0.4, 0.5) is 0 Å². The summed E-state index contributed by atoms with van der Waals surface area (Å²) in [6.07, 6.45) is 1.77. The normalized spacial score (nSPS) is 15.0. The van der Waals surface area contributed by atoms with Crippen molar-refractivity contribution in [2.24, 2.45) is 0 Å². The summed E-state index contributed by atoms with van der Waals surface area (Å²) in [5.74, 6) is -0.273. The van der Waals surface area contributed by atoms with Crippen molar-refractivity contribution in [2.45, 2.75) is 12.3 Å². The summed E-state index contributed by atoms with van der Waals surface area (Å²) in [5, 5.41) is 7.14. The molecule has 0 saturated heterocycles. The van der Waals surface area contributed by atoms with Gasteiger partial charge >= 0.3 is 0 Å². The molecule has 0 aliphatic carbocycles. The Morgan fingerprint density at radius 3 is 2.35 bits per heavy atom. The Morgan fingerprint density at radius 1 is 1.09 bits per heavy atom. The second kappa shape index (κ2) is 7.22. The van der Waals surface area contributed by atoms with Crippen LogP contribution in [0.15, 0.2) is 72.2 Å². The van der Waals surface area contributed by atoms with Crippen LogP contribution in [0.5, 0.6) is 0 Å². The molecule has 1 heterocycles. The summed E-state index contributed by atoms with van der Waals surface area (Å²) < 4.78 is 13.5. The van der Waals surface area contributed by atoms with Crippen molar-refractivity contribution >= 4 is 23.8 Å². The Bertz CT molecular complexity index is 775. The standard InChI is InChI=1S/C18H19N2OPS/c1-22(21,16-10-6-3-7-11-16)17(18-19-12-13-23-18)20-14-15-8-4-2-5-9-15/h2-13,17,20H,14H2,1H3. The third-order valence-corrected chi connectivity index (χ3v) is 7.54. The number of nitrogens with zero attached hydrogens (tertiary/aromatic N) is 1. The molecule has 3 nitrogen and oxygen atoms in total. The molecule has 118 valence electrons. The molecule has 0 amide bonds. The lowest BCUT2D eigenvalue weighted by molar-refractivity contribution is 0.555. The molecule has 3 rings (SSSR count). The van der Waals surface area contributed by atoms with Crippen LogP contribution in [-0.4, -0.2) is 11.6 Å². The largest absolute Gasteiger partial charge is 0.317 e. The maximum Gasteiger partial charge on any atom is 0.135 e. The highest BCUT2D eigenvalue weighted by atomic mass is 32.1. The van der Waals surface area contributed by atoms with Gasteiger partial charge in [-0.2, -0.15) is 0 Å². The molecule has 3 aromatic rings. The van der Waals surface area contributed by atoms with Crippen LogP contribution in [0.3, 0.4) is 0 Å². The van der Waals surface area contributed by atoms with Gasteiger partial charge in [0, 0.05) is 23.4 Å². The second-order valence-electron chi connectivity index (χ2n) is 5.47. The van der Waals surface area contributed by atoms with Gasteiger partial charge in [0.2, 0.25) is 0 Å². The van der Waals surface area contributed by atoms with Crippen LogP contribution in [0.2, 0.25) is 0 Å². The Labute approximate surface area is 140 Å². The van der Waals surface area contributed by atoms with Gasteiger partial charge in [0.25, 0.3) is 0 Å². The third-order valence-electron chi connectivity index (χ3n) is 3.79. The molecule has 2 unspecified atom stereocenters. The summed E-state index contributed by atoms with van der Waals surface area (Å²) in [6, 6.07) is 19.8. The lowest BCUT2D eigenvalue weighted by Gasteiger charge is -2.24. The second-order valence-corrected chi connectivity index (χ2v) is 9.40. The van der Waals surface area contributed by atoms with E-state index in [0.29, 0.717) is 6.54 Å². The average molecular weight is 342 g/mol. The molecule has 0 aliphatic rings. The highest BCUT2D eigenvalue weighted by molar-refractivity contribution is 7.71. The van der Waals surface area contributed by atoms with Gasteiger partial charge in [0.1, 0.15) is 17.9 Å². The van der Waals surface area contributed by atoms with Gasteiger partial charge in [-0.15, -0.1) is 11.3 Å². The molecule has 0 bridgehead atoms. The monoisotopic (exact) mass is 342 g/mol. The fourth-order valence-electron chi connectivity index (χ4n) is 2.53. The first kappa shape index (κ1) is 16.1. The van der Waals surface area contributed by atoms with Crippen LogP contribution in [0.1, 0.15) is 16.4 Å². The van der Waals surface area contributed by atoms with E-state index < -0.39 is 7.14 Å². The zero-order chi connectivity index (χ0) is 16.1. The molecule has 0 fully saturated rings. The minimum Gasteiger partial charge on any atom is -0.317 e. The van der Waals surface area contributed by atoms with Gasteiger partial charge in [0.05, 0.1) is 0 Å². The summed E-state index contributed by atoms with van der Waals surface area (Å²) in [5.41, 5.74) is 1.17. The number of nitrogens with one attached hydrogen (secondary N) is 1. The lowest BCUT2D eigenvalue weighted by Crippen LogP contribution is -2.24. The average Bonchev–Trinajstić information content (AvgIpc) is 3.11. The van der Waals surface area contributed by atoms with Crippen LogP contribution in [-0.2, 0) is 11.1 Å². The van der Waals surface area contributed by atoms with Gasteiger partial charge in [-0.25, -0.2) is 4.98 Å². The minimum atomic E-state index is -2.64. The number of hydrogen-bond donors (Lipinski definition) is 1. The SMILES string of the molecule is CP(=O)(c1ccccc1)C(NCc1ccccc1)c1nccs1. The van der Waals surface area contributed by atoms with Crippen molar-refractivity contribution in [3.05, 3.63) is 82.8 Å². The van der Waals surface area contributed by atoms with Crippen LogP contribution in [0.25, 0.3) is 0 Å². The summed E-state index contributed by atoms with van der Waals surface area (Å²) in [7, 11) is -2.64. The van der Waals surface area contributed by atoms with Gasteiger partial charge in [-0.05, 0) is 12.2 Å². The van der Waals surface area contributed by atoms with Gasteiger partial charge < -0.3 is 4.57 Å². The molecule has 2 atom stereocenters. The van der Waals surface area contributed by atoms with Crippen molar-refractivity contribution in [2.75, 3.05) is 6.66 Å². The van der Waals surface area contributed by atoms with Crippen LogP contribution >= 0.6 is 18.5 Å². The fourth-order valence-corrected chi connectivity index (χ4v) is 5.90. The predicted molar refractivity (Wildman–Crippen MR) is 97.7 cm³/mol. The first-order valence-electron chi connectivity index (χ1n) is 7.47. The molecule has 5 heteroatoms. The van der Waals surface area contributed by atoms with Crippen molar-refractivity contribution in [1.29, 1.82) is 0 Å².